The zero-order valence-corrected chi connectivity index (χ0v) is 18.4. The molecule has 3 aromatic carbocycles. The van der Waals surface area contributed by atoms with Crippen LogP contribution in [0.1, 0.15) is 29.7 Å². The van der Waals surface area contributed by atoms with E-state index in [1.807, 2.05) is 60.7 Å². The van der Waals surface area contributed by atoms with Crippen molar-refractivity contribution in [2.75, 3.05) is 5.32 Å². The van der Waals surface area contributed by atoms with Crippen molar-refractivity contribution in [3.05, 3.63) is 120 Å². The summed E-state index contributed by atoms with van der Waals surface area (Å²) < 4.78 is 5.26. The highest BCUT2D eigenvalue weighted by molar-refractivity contribution is 5.88. The first-order valence-corrected chi connectivity index (χ1v) is 10.6. The molecule has 0 radical (unpaired) electrons. The van der Waals surface area contributed by atoms with Gasteiger partial charge in [-0.2, -0.15) is 9.97 Å². The number of hydrogen-bond donors (Lipinski definition) is 1. The molecular formula is C27H24N4O2. The Kier molecular flexibility index (Phi) is 6.85. The van der Waals surface area contributed by atoms with E-state index < -0.39 is 5.97 Å². The van der Waals surface area contributed by atoms with Gasteiger partial charge in [-0.25, -0.2) is 9.78 Å². The van der Waals surface area contributed by atoms with Crippen molar-refractivity contribution in [1.29, 1.82) is 0 Å². The summed E-state index contributed by atoms with van der Waals surface area (Å²) in [7, 11) is 0. The van der Waals surface area contributed by atoms with Crippen LogP contribution in [0.2, 0.25) is 0 Å². The summed E-state index contributed by atoms with van der Waals surface area (Å²) in [6.07, 6.45) is 1.12. The average molecular weight is 437 g/mol. The van der Waals surface area contributed by atoms with Crippen molar-refractivity contribution in [2.45, 2.75) is 19.8 Å². The van der Waals surface area contributed by atoms with Crippen molar-refractivity contribution in [2.24, 2.45) is 0 Å². The summed E-state index contributed by atoms with van der Waals surface area (Å²) >= 11 is 0. The number of hydrogen-bond acceptors (Lipinski definition) is 6. The van der Waals surface area contributed by atoms with Gasteiger partial charge in [-0.05, 0) is 42.3 Å². The van der Waals surface area contributed by atoms with Crippen LogP contribution in [0.4, 0.5) is 11.6 Å². The predicted octanol–water partition coefficient (Wildman–Crippen LogP) is 5.28. The van der Waals surface area contributed by atoms with Gasteiger partial charge in [0.1, 0.15) is 17.4 Å². The van der Waals surface area contributed by atoms with Crippen LogP contribution in [0.5, 0.6) is 5.75 Å². The number of aromatic nitrogens is 3. The van der Waals surface area contributed by atoms with Crippen LogP contribution < -0.4 is 10.1 Å². The lowest BCUT2D eigenvalue weighted by Gasteiger charge is -2.10. The maximum absolute atomic E-state index is 11.7. The first kappa shape index (κ1) is 21.9. The van der Waals surface area contributed by atoms with Crippen LogP contribution in [0.25, 0.3) is 0 Å². The molecule has 0 aliphatic rings. The van der Waals surface area contributed by atoms with Crippen molar-refractivity contribution in [3.63, 3.8) is 0 Å². The third-order valence-corrected chi connectivity index (χ3v) is 4.81. The number of benzene rings is 3. The topological polar surface area (TPSA) is 77.0 Å². The molecule has 1 heterocycles. The quantitative estimate of drug-likeness (QED) is 0.230. The number of anilines is 2. The molecular weight excluding hydrogens is 412 g/mol. The van der Waals surface area contributed by atoms with E-state index in [0.717, 1.165) is 16.8 Å². The van der Waals surface area contributed by atoms with Crippen LogP contribution in [0, 0.1) is 0 Å². The van der Waals surface area contributed by atoms with Gasteiger partial charge in [0.25, 0.3) is 0 Å². The molecule has 4 aromatic rings. The van der Waals surface area contributed by atoms with E-state index in [9.17, 15) is 4.79 Å². The highest BCUT2D eigenvalue weighted by Crippen LogP contribution is 2.18. The molecule has 6 heteroatoms. The second-order valence-corrected chi connectivity index (χ2v) is 7.64. The van der Waals surface area contributed by atoms with Crippen LogP contribution in [-0.2, 0) is 17.6 Å². The Morgan fingerprint density at radius 3 is 1.91 bits per heavy atom. The Balaban J connectivity index is 1.56. The second kappa shape index (κ2) is 10.3. The number of para-hydroxylation sites is 1. The van der Waals surface area contributed by atoms with Crippen molar-refractivity contribution >= 4 is 17.6 Å². The molecule has 1 aromatic heterocycles. The van der Waals surface area contributed by atoms with Gasteiger partial charge in [0, 0.05) is 24.1 Å². The van der Waals surface area contributed by atoms with Crippen LogP contribution in [0.15, 0.2) is 97.1 Å². The standard InChI is InChI=1S/C27H24N4O2/c1-19(2)26(32)33-23-15-13-21(14-16-23)18-25-29-24(17-20-9-5-3-6-10-20)30-27(31-25)28-22-11-7-4-8-12-22/h3-16H,1,17-18H2,2H3,(H,28,29,30,31). The Morgan fingerprint density at radius 1 is 0.788 bits per heavy atom. The molecule has 0 saturated heterocycles. The molecule has 0 amide bonds. The maximum Gasteiger partial charge on any atom is 0.338 e. The largest absolute Gasteiger partial charge is 0.423 e. The number of rotatable bonds is 8. The fourth-order valence-corrected chi connectivity index (χ4v) is 3.16. The number of nitrogens with one attached hydrogen (secondary N) is 1. The van der Waals surface area contributed by atoms with E-state index in [2.05, 4.69) is 34.0 Å². The lowest BCUT2D eigenvalue weighted by molar-refractivity contribution is -0.130. The van der Waals surface area contributed by atoms with E-state index in [-0.39, 0.29) is 0 Å². The fraction of sp³-hybridized carbons (Fsp3) is 0.111. The van der Waals surface area contributed by atoms with E-state index in [0.29, 0.717) is 41.8 Å². The molecule has 1 N–H and O–H groups in total. The second-order valence-electron chi connectivity index (χ2n) is 7.64. The number of ether oxygens (including phenoxy) is 1. The summed E-state index contributed by atoms with van der Waals surface area (Å²) in [5.74, 6) is 1.88. The smallest absolute Gasteiger partial charge is 0.338 e. The lowest BCUT2D eigenvalue weighted by Crippen LogP contribution is -2.09. The predicted molar refractivity (Wildman–Crippen MR) is 128 cm³/mol. The molecule has 0 aliphatic heterocycles. The molecule has 164 valence electrons. The van der Waals surface area contributed by atoms with Gasteiger partial charge in [0.15, 0.2) is 0 Å². The Bertz CT molecular complexity index is 1180. The van der Waals surface area contributed by atoms with Crippen LogP contribution in [-0.4, -0.2) is 20.9 Å². The molecule has 0 aliphatic carbocycles. The average Bonchev–Trinajstić information content (AvgIpc) is 2.81. The SMILES string of the molecule is C=C(C)C(=O)Oc1ccc(Cc2nc(Cc3ccccc3)nc(Nc3ccccc3)n2)cc1. The number of esters is 1. The number of nitrogens with zero attached hydrogens (tertiary/aromatic N) is 3. The molecule has 0 fully saturated rings. The van der Waals surface area contributed by atoms with Crippen LogP contribution in [0.3, 0.4) is 0 Å². The van der Waals surface area contributed by atoms with Gasteiger partial charge < -0.3 is 10.1 Å². The van der Waals surface area contributed by atoms with Crippen molar-refractivity contribution < 1.29 is 9.53 Å². The van der Waals surface area contributed by atoms with Gasteiger partial charge >= 0.3 is 5.97 Å². The molecule has 33 heavy (non-hydrogen) atoms. The summed E-state index contributed by atoms with van der Waals surface area (Å²) in [5, 5.41) is 3.27. The number of carbonyl (C=O) groups is 1. The van der Waals surface area contributed by atoms with Crippen LogP contribution >= 0.6 is 0 Å². The third-order valence-electron chi connectivity index (χ3n) is 4.81. The zero-order chi connectivity index (χ0) is 23.0. The van der Waals surface area contributed by atoms with E-state index in [4.69, 9.17) is 9.72 Å². The Labute approximate surface area is 193 Å². The first-order chi connectivity index (χ1) is 16.0. The first-order valence-electron chi connectivity index (χ1n) is 10.6. The highest BCUT2D eigenvalue weighted by Gasteiger charge is 2.10. The van der Waals surface area contributed by atoms with Gasteiger partial charge in [-0.3, -0.25) is 0 Å². The monoisotopic (exact) mass is 436 g/mol. The summed E-state index contributed by atoms with van der Waals surface area (Å²) in [4.78, 5) is 25.7. The third kappa shape index (κ3) is 6.33. The van der Waals surface area contributed by atoms with E-state index in [1.54, 1.807) is 19.1 Å². The summed E-state index contributed by atoms with van der Waals surface area (Å²) in [6.45, 7) is 5.21. The van der Waals surface area contributed by atoms with Crippen molar-refractivity contribution in [1.82, 2.24) is 15.0 Å². The Hall–Kier alpha value is -4.32. The molecule has 0 atom stereocenters. The lowest BCUT2D eigenvalue weighted by atomic mass is 10.1. The molecule has 0 bridgehead atoms. The van der Waals surface area contributed by atoms with Gasteiger partial charge in [-0.15, -0.1) is 0 Å². The van der Waals surface area contributed by atoms with Crippen molar-refractivity contribution in [3.8, 4) is 5.75 Å². The van der Waals surface area contributed by atoms with Gasteiger partial charge in [-0.1, -0.05) is 67.2 Å². The van der Waals surface area contributed by atoms with E-state index in [1.165, 1.54) is 0 Å². The highest BCUT2D eigenvalue weighted by atomic mass is 16.5. The molecule has 0 spiro atoms. The summed E-state index contributed by atoms with van der Waals surface area (Å²) in [5.41, 5.74) is 3.38. The van der Waals surface area contributed by atoms with Gasteiger partial charge in [0.05, 0.1) is 0 Å². The minimum Gasteiger partial charge on any atom is -0.423 e. The molecule has 4 rings (SSSR count). The Morgan fingerprint density at radius 2 is 1.33 bits per heavy atom. The zero-order valence-electron chi connectivity index (χ0n) is 18.4. The maximum atomic E-state index is 11.7. The minimum atomic E-state index is -0.442. The molecule has 0 unspecified atom stereocenters. The fourth-order valence-electron chi connectivity index (χ4n) is 3.16. The normalized spacial score (nSPS) is 10.5. The molecule has 6 nitrogen and oxygen atoms in total. The van der Waals surface area contributed by atoms with E-state index >= 15 is 0 Å². The number of carbonyl (C=O) groups excluding carboxylic acids is 1. The minimum absolute atomic E-state index is 0.355. The summed E-state index contributed by atoms with van der Waals surface area (Å²) in [6, 6.07) is 27.2. The molecule has 0 saturated carbocycles. The van der Waals surface area contributed by atoms with Gasteiger partial charge in [0.2, 0.25) is 5.95 Å².